The molecule has 7 heteroatoms. The number of halogens is 4. The van der Waals surface area contributed by atoms with Gasteiger partial charge < -0.3 is 4.42 Å². The van der Waals surface area contributed by atoms with E-state index in [0.29, 0.717) is 0 Å². The Balaban J connectivity index is 2.42. The van der Waals surface area contributed by atoms with E-state index in [9.17, 15) is 18.0 Å². The zero-order valence-corrected chi connectivity index (χ0v) is 11.9. The summed E-state index contributed by atoms with van der Waals surface area (Å²) < 4.78 is 43.1. The van der Waals surface area contributed by atoms with E-state index in [1.807, 2.05) is 0 Å². The van der Waals surface area contributed by atoms with Gasteiger partial charge in [0.25, 0.3) is 0 Å². The van der Waals surface area contributed by atoms with Gasteiger partial charge in [-0.25, -0.2) is 0 Å². The first-order chi connectivity index (χ1) is 9.84. The van der Waals surface area contributed by atoms with Crippen LogP contribution in [0.1, 0.15) is 27.4 Å². The molecule has 1 unspecified atom stereocenters. The maximum absolute atomic E-state index is 12.7. The summed E-state index contributed by atoms with van der Waals surface area (Å²) in [4.78, 5) is 12.2. The van der Waals surface area contributed by atoms with E-state index in [1.165, 1.54) is 24.5 Å². The van der Waals surface area contributed by atoms with Gasteiger partial charge in [0.05, 0.1) is 23.5 Å². The molecule has 3 nitrogen and oxygen atoms in total. The van der Waals surface area contributed by atoms with Gasteiger partial charge in [0.1, 0.15) is 5.92 Å². The standard InChI is InChI=1S/C14H7BrF3NO2/c15-13-10(4-5-21-13)12(20)11(7-19)8-2-1-3-9(6-8)14(16,17)18/h1-6,11H. The molecule has 0 spiro atoms. The van der Waals surface area contributed by atoms with E-state index < -0.39 is 23.4 Å². The third kappa shape index (κ3) is 3.16. The number of hydrogen-bond donors (Lipinski definition) is 0. The van der Waals surface area contributed by atoms with E-state index in [4.69, 9.17) is 9.68 Å². The molecule has 1 atom stereocenters. The Morgan fingerprint density at radius 3 is 2.57 bits per heavy atom. The van der Waals surface area contributed by atoms with E-state index in [2.05, 4.69) is 15.9 Å². The SMILES string of the molecule is N#CC(C(=O)c1ccoc1Br)c1cccc(C(F)(F)F)c1. The number of nitrogens with zero attached hydrogens (tertiary/aromatic N) is 1. The van der Waals surface area contributed by atoms with Crippen LogP contribution in [0.25, 0.3) is 0 Å². The molecule has 108 valence electrons. The zero-order valence-electron chi connectivity index (χ0n) is 10.3. The molecular formula is C14H7BrF3NO2. The topological polar surface area (TPSA) is 54.0 Å². The highest BCUT2D eigenvalue weighted by Crippen LogP contribution is 2.32. The number of nitriles is 1. The van der Waals surface area contributed by atoms with Gasteiger partial charge in [0.15, 0.2) is 10.5 Å². The normalized spacial score (nSPS) is 12.7. The highest BCUT2D eigenvalue weighted by molar-refractivity contribution is 9.10. The second-order valence-electron chi connectivity index (χ2n) is 4.16. The van der Waals surface area contributed by atoms with Crippen LogP contribution < -0.4 is 0 Å². The van der Waals surface area contributed by atoms with Crippen molar-refractivity contribution in [1.29, 1.82) is 5.26 Å². The molecular weight excluding hydrogens is 351 g/mol. The van der Waals surface area contributed by atoms with Crippen molar-refractivity contribution in [2.24, 2.45) is 0 Å². The third-order valence-corrected chi connectivity index (χ3v) is 3.44. The van der Waals surface area contributed by atoms with Gasteiger partial charge in [0.2, 0.25) is 0 Å². The lowest BCUT2D eigenvalue weighted by atomic mass is 9.92. The van der Waals surface area contributed by atoms with Crippen molar-refractivity contribution in [2.45, 2.75) is 12.1 Å². The van der Waals surface area contributed by atoms with Crippen molar-refractivity contribution in [3.05, 3.63) is 58.0 Å². The Labute approximate surface area is 126 Å². The van der Waals surface area contributed by atoms with Crippen LogP contribution in [0.15, 0.2) is 45.7 Å². The lowest BCUT2D eigenvalue weighted by molar-refractivity contribution is -0.137. The quantitative estimate of drug-likeness (QED) is 0.757. The molecule has 2 rings (SSSR count). The van der Waals surface area contributed by atoms with E-state index in [0.717, 1.165) is 12.1 Å². The fraction of sp³-hybridized carbons (Fsp3) is 0.143. The molecule has 0 radical (unpaired) electrons. The lowest BCUT2D eigenvalue weighted by Gasteiger charge is -2.11. The maximum Gasteiger partial charge on any atom is 0.416 e. The first-order valence-corrected chi connectivity index (χ1v) is 6.48. The number of alkyl halides is 3. The number of furan rings is 1. The summed E-state index contributed by atoms with van der Waals surface area (Å²) in [5.41, 5.74) is -0.802. The van der Waals surface area contributed by atoms with Gasteiger partial charge in [-0.05, 0) is 33.6 Å². The zero-order chi connectivity index (χ0) is 15.6. The van der Waals surface area contributed by atoms with Crippen molar-refractivity contribution in [2.75, 3.05) is 0 Å². The van der Waals surface area contributed by atoms with Crippen LogP contribution in [0.2, 0.25) is 0 Å². The molecule has 0 saturated heterocycles. The van der Waals surface area contributed by atoms with Gasteiger partial charge in [0, 0.05) is 0 Å². The smallest absolute Gasteiger partial charge is 0.416 e. The van der Waals surface area contributed by atoms with Gasteiger partial charge in [-0.2, -0.15) is 18.4 Å². The molecule has 1 aromatic heterocycles. The third-order valence-electron chi connectivity index (χ3n) is 2.82. The summed E-state index contributed by atoms with van der Waals surface area (Å²) in [7, 11) is 0. The molecule has 2 aromatic rings. The minimum atomic E-state index is -4.53. The Morgan fingerprint density at radius 1 is 1.33 bits per heavy atom. The molecule has 0 amide bonds. The van der Waals surface area contributed by atoms with Crippen molar-refractivity contribution in [1.82, 2.24) is 0 Å². The summed E-state index contributed by atoms with van der Waals surface area (Å²) >= 11 is 3.01. The highest BCUT2D eigenvalue weighted by Gasteiger charge is 2.32. The minimum Gasteiger partial charge on any atom is -0.457 e. The van der Waals surface area contributed by atoms with Crippen molar-refractivity contribution < 1.29 is 22.4 Å². The van der Waals surface area contributed by atoms with Crippen LogP contribution in [0.4, 0.5) is 13.2 Å². The van der Waals surface area contributed by atoms with Crippen LogP contribution >= 0.6 is 15.9 Å². The Kier molecular flexibility index (Phi) is 4.19. The van der Waals surface area contributed by atoms with Crippen molar-refractivity contribution >= 4 is 21.7 Å². The average Bonchev–Trinajstić information content (AvgIpc) is 2.85. The minimum absolute atomic E-state index is 0.00887. The predicted octanol–water partition coefficient (Wildman–Crippen LogP) is 4.55. The monoisotopic (exact) mass is 357 g/mol. The summed E-state index contributed by atoms with van der Waals surface area (Å²) in [6, 6.07) is 7.26. The van der Waals surface area contributed by atoms with Crippen LogP contribution in [0.3, 0.4) is 0 Å². The Hall–Kier alpha value is -2.07. The van der Waals surface area contributed by atoms with E-state index in [-0.39, 0.29) is 15.8 Å². The largest absolute Gasteiger partial charge is 0.457 e. The number of rotatable bonds is 3. The van der Waals surface area contributed by atoms with Crippen LogP contribution in [-0.2, 0) is 6.18 Å². The van der Waals surface area contributed by atoms with Crippen molar-refractivity contribution in [3.8, 4) is 6.07 Å². The molecule has 0 saturated carbocycles. The first kappa shape index (κ1) is 15.3. The van der Waals surface area contributed by atoms with Gasteiger partial charge in [-0.1, -0.05) is 18.2 Å². The van der Waals surface area contributed by atoms with Crippen LogP contribution in [-0.4, -0.2) is 5.78 Å². The molecule has 0 bridgehead atoms. The van der Waals surface area contributed by atoms with Gasteiger partial charge in [-0.15, -0.1) is 0 Å². The lowest BCUT2D eigenvalue weighted by Crippen LogP contribution is -2.13. The van der Waals surface area contributed by atoms with Crippen molar-refractivity contribution in [3.63, 3.8) is 0 Å². The molecule has 21 heavy (non-hydrogen) atoms. The average molecular weight is 358 g/mol. The fourth-order valence-electron chi connectivity index (χ4n) is 1.80. The predicted molar refractivity (Wildman–Crippen MR) is 70.5 cm³/mol. The number of Topliss-reactive ketones (excluding diaryl/α,β-unsaturated/α-hetero) is 1. The number of hydrogen-bond acceptors (Lipinski definition) is 3. The number of carbonyl (C=O) groups excluding carboxylic acids is 1. The summed E-state index contributed by atoms with van der Waals surface area (Å²) in [5.74, 6) is -1.96. The molecule has 0 aliphatic carbocycles. The molecule has 0 aliphatic heterocycles. The summed E-state index contributed by atoms with van der Waals surface area (Å²) in [6.45, 7) is 0. The van der Waals surface area contributed by atoms with Gasteiger partial charge >= 0.3 is 6.18 Å². The second kappa shape index (κ2) is 5.74. The Morgan fingerprint density at radius 2 is 2.05 bits per heavy atom. The molecule has 0 fully saturated rings. The molecule has 0 aliphatic rings. The fourth-order valence-corrected chi connectivity index (χ4v) is 2.24. The van der Waals surface area contributed by atoms with E-state index in [1.54, 1.807) is 6.07 Å². The maximum atomic E-state index is 12.7. The molecule has 0 N–H and O–H groups in total. The highest BCUT2D eigenvalue weighted by atomic mass is 79.9. The van der Waals surface area contributed by atoms with E-state index >= 15 is 0 Å². The summed E-state index contributed by atoms with van der Waals surface area (Å²) in [5, 5.41) is 9.14. The summed E-state index contributed by atoms with van der Waals surface area (Å²) in [6.07, 6.45) is -3.28. The Bertz CT molecular complexity index is 715. The number of ketones is 1. The number of benzene rings is 1. The first-order valence-electron chi connectivity index (χ1n) is 5.68. The number of carbonyl (C=O) groups is 1. The molecule has 1 heterocycles. The second-order valence-corrected chi connectivity index (χ2v) is 4.88. The van der Waals surface area contributed by atoms with Crippen LogP contribution in [0, 0.1) is 11.3 Å². The van der Waals surface area contributed by atoms with Gasteiger partial charge in [-0.3, -0.25) is 4.79 Å². The molecule has 1 aromatic carbocycles. The van der Waals surface area contributed by atoms with Crippen LogP contribution in [0.5, 0.6) is 0 Å².